The highest BCUT2D eigenvalue weighted by molar-refractivity contribution is 7.98. The van der Waals surface area contributed by atoms with Crippen LogP contribution in [0.1, 0.15) is 12.6 Å². The van der Waals surface area contributed by atoms with Crippen molar-refractivity contribution in [3.63, 3.8) is 0 Å². The molecule has 1 atom stereocenters. The van der Waals surface area contributed by atoms with Gasteiger partial charge in [0.25, 0.3) is 0 Å². The Hall–Kier alpha value is -0.610. The summed E-state index contributed by atoms with van der Waals surface area (Å²) in [6.45, 7) is 2.29. The summed E-state index contributed by atoms with van der Waals surface area (Å²) in [5.74, 6) is 2.20. The minimum atomic E-state index is 0.257. The monoisotopic (exact) mass is 198 g/mol. The van der Waals surface area contributed by atoms with Gasteiger partial charge in [-0.15, -0.1) is 0 Å². The van der Waals surface area contributed by atoms with Crippen LogP contribution in [0.4, 0.5) is 0 Å². The van der Waals surface area contributed by atoms with Crippen LogP contribution in [0.15, 0.2) is 18.6 Å². The topological polar surface area (TPSA) is 46.0 Å². The zero-order valence-electron chi connectivity index (χ0n) is 7.68. The molecule has 0 saturated carbocycles. The van der Waals surface area contributed by atoms with Gasteiger partial charge in [-0.05, 0) is 11.7 Å². The van der Waals surface area contributed by atoms with E-state index < -0.39 is 0 Å². The molecule has 1 aromatic rings. The lowest BCUT2D eigenvalue weighted by Crippen LogP contribution is -2.03. The van der Waals surface area contributed by atoms with Crippen LogP contribution in [0, 0.1) is 5.92 Å². The van der Waals surface area contributed by atoms with Crippen LogP contribution in [0.3, 0.4) is 0 Å². The quantitative estimate of drug-likeness (QED) is 0.775. The first-order chi connectivity index (χ1) is 6.33. The van der Waals surface area contributed by atoms with Gasteiger partial charge in [-0.2, -0.15) is 11.8 Å². The average Bonchev–Trinajstić information content (AvgIpc) is 2.19. The molecule has 1 rings (SSSR count). The van der Waals surface area contributed by atoms with Crippen LogP contribution in [-0.4, -0.2) is 27.4 Å². The molecule has 1 unspecified atom stereocenters. The van der Waals surface area contributed by atoms with E-state index in [0.29, 0.717) is 5.92 Å². The van der Waals surface area contributed by atoms with E-state index in [9.17, 15) is 0 Å². The number of hydrogen-bond acceptors (Lipinski definition) is 4. The Morgan fingerprint density at radius 3 is 3.00 bits per heavy atom. The van der Waals surface area contributed by atoms with Crippen LogP contribution in [0.5, 0.6) is 0 Å². The number of hydrogen-bond donors (Lipinski definition) is 1. The van der Waals surface area contributed by atoms with Crippen molar-refractivity contribution < 1.29 is 5.11 Å². The molecule has 0 fully saturated rings. The Labute approximate surface area is 82.6 Å². The number of aromatic nitrogens is 2. The molecular weight excluding hydrogens is 184 g/mol. The second-order valence-corrected chi connectivity index (χ2v) is 4.03. The number of rotatable bonds is 5. The largest absolute Gasteiger partial charge is 0.396 e. The van der Waals surface area contributed by atoms with Crippen LogP contribution in [-0.2, 0) is 5.75 Å². The summed E-state index contributed by atoms with van der Waals surface area (Å²) in [7, 11) is 0. The van der Waals surface area contributed by atoms with Gasteiger partial charge in [0.05, 0.1) is 5.69 Å². The van der Waals surface area contributed by atoms with Gasteiger partial charge in [0.2, 0.25) is 0 Å². The third-order valence-electron chi connectivity index (χ3n) is 1.58. The molecule has 0 amide bonds. The summed E-state index contributed by atoms with van der Waals surface area (Å²) in [5, 5.41) is 8.79. The zero-order valence-corrected chi connectivity index (χ0v) is 8.50. The van der Waals surface area contributed by atoms with Gasteiger partial charge in [-0.25, -0.2) is 0 Å². The first-order valence-electron chi connectivity index (χ1n) is 4.26. The smallest absolute Gasteiger partial charge is 0.0685 e. The van der Waals surface area contributed by atoms with E-state index in [1.165, 1.54) is 0 Å². The molecule has 0 saturated heterocycles. The molecule has 3 nitrogen and oxygen atoms in total. The van der Waals surface area contributed by atoms with E-state index in [2.05, 4.69) is 9.97 Å². The summed E-state index contributed by atoms with van der Waals surface area (Å²) < 4.78 is 0. The summed E-state index contributed by atoms with van der Waals surface area (Å²) >= 11 is 1.78. The third kappa shape index (κ3) is 4.24. The SMILES string of the molecule is CC(CO)CSCc1cnccn1. The van der Waals surface area contributed by atoms with Crippen LogP contribution >= 0.6 is 11.8 Å². The lowest BCUT2D eigenvalue weighted by molar-refractivity contribution is 0.250. The van der Waals surface area contributed by atoms with Gasteiger partial charge < -0.3 is 5.11 Å². The highest BCUT2D eigenvalue weighted by atomic mass is 32.2. The van der Waals surface area contributed by atoms with Crippen LogP contribution in [0.25, 0.3) is 0 Å². The molecule has 0 aromatic carbocycles. The highest BCUT2D eigenvalue weighted by Gasteiger charge is 2.00. The zero-order chi connectivity index (χ0) is 9.52. The standard InChI is InChI=1S/C9H14N2OS/c1-8(5-12)6-13-7-9-4-10-2-3-11-9/h2-4,8,12H,5-7H2,1H3. The number of aliphatic hydroxyl groups is 1. The molecule has 1 aromatic heterocycles. The Balaban J connectivity index is 2.20. The Kier molecular flexibility index (Phi) is 4.78. The molecule has 4 heteroatoms. The summed E-state index contributed by atoms with van der Waals surface area (Å²) in [4.78, 5) is 8.13. The number of thioether (sulfide) groups is 1. The van der Waals surface area contributed by atoms with Gasteiger partial charge in [-0.1, -0.05) is 6.92 Å². The van der Waals surface area contributed by atoms with Gasteiger partial charge in [0.15, 0.2) is 0 Å². The normalized spacial score (nSPS) is 12.8. The van der Waals surface area contributed by atoms with E-state index >= 15 is 0 Å². The molecule has 1 N–H and O–H groups in total. The fourth-order valence-electron chi connectivity index (χ4n) is 0.822. The van der Waals surface area contributed by atoms with Gasteiger partial charge >= 0.3 is 0 Å². The summed E-state index contributed by atoms with van der Waals surface area (Å²) in [6, 6.07) is 0. The van der Waals surface area contributed by atoms with Crippen molar-refractivity contribution in [3.05, 3.63) is 24.3 Å². The van der Waals surface area contributed by atoms with Crippen molar-refractivity contribution >= 4 is 11.8 Å². The van der Waals surface area contributed by atoms with Gasteiger partial charge in [-0.3, -0.25) is 9.97 Å². The van der Waals surface area contributed by atoms with E-state index in [4.69, 9.17) is 5.11 Å². The summed E-state index contributed by atoms with van der Waals surface area (Å²) in [5.41, 5.74) is 0.998. The maximum atomic E-state index is 8.79. The van der Waals surface area contributed by atoms with E-state index in [1.54, 1.807) is 30.4 Å². The Morgan fingerprint density at radius 2 is 2.38 bits per heavy atom. The first kappa shape index (κ1) is 10.5. The number of nitrogens with zero attached hydrogens (tertiary/aromatic N) is 2. The van der Waals surface area contributed by atoms with E-state index in [1.807, 2.05) is 6.92 Å². The second kappa shape index (κ2) is 5.94. The van der Waals surface area contributed by atoms with Crippen molar-refractivity contribution in [2.75, 3.05) is 12.4 Å². The minimum absolute atomic E-state index is 0.257. The first-order valence-corrected chi connectivity index (χ1v) is 5.42. The summed E-state index contributed by atoms with van der Waals surface area (Å²) in [6.07, 6.45) is 5.15. The molecule has 13 heavy (non-hydrogen) atoms. The van der Waals surface area contributed by atoms with Crippen molar-refractivity contribution in [1.29, 1.82) is 0 Å². The van der Waals surface area contributed by atoms with E-state index in [0.717, 1.165) is 17.2 Å². The molecular formula is C9H14N2OS. The van der Waals surface area contributed by atoms with Crippen molar-refractivity contribution in [1.82, 2.24) is 9.97 Å². The second-order valence-electron chi connectivity index (χ2n) is 3.00. The molecule has 0 aliphatic heterocycles. The Morgan fingerprint density at radius 1 is 1.54 bits per heavy atom. The van der Waals surface area contributed by atoms with Crippen molar-refractivity contribution in [3.8, 4) is 0 Å². The molecule has 0 aliphatic carbocycles. The molecule has 0 bridgehead atoms. The molecule has 72 valence electrons. The Bertz CT molecular complexity index is 230. The maximum Gasteiger partial charge on any atom is 0.0685 e. The van der Waals surface area contributed by atoms with Crippen molar-refractivity contribution in [2.24, 2.45) is 5.92 Å². The minimum Gasteiger partial charge on any atom is -0.396 e. The van der Waals surface area contributed by atoms with Crippen LogP contribution < -0.4 is 0 Å². The maximum absolute atomic E-state index is 8.79. The predicted molar refractivity (Wildman–Crippen MR) is 54.4 cm³/mol. The molecule has 1 heterocycles. The lowest BCUT2D eigenvalue weighted by Gasteiger charge is -2.05. The van der Waals surface area contributed by atoms with Crippen LogP contribution in [0.2, 0.25) is 0 Å². The molecule has 0 spiro atoms. The van der Waals surface area contributed by atoms with Gasteiger partial charge in [0.1, 0.15) is 0 Å². The van der Waals surface area contributed by atoms with Crippen molar-refractivity contribution in [2.45, 2.75) is 12.7 Å². The third-order valence-corrected chi connectivity index (χ3v) is 2.89. The van der Waals surface area contributed by atoms with Gasteiger partial charge in [0, 0.05) is 31.0 Å². The molecule has 0 aliphatic rings. The lowest BCUT2D eigenvalue weighted by atomic mass is 10.2. The number of aliphatic hydroxyl groups excluding tert-OH is 1. The van der Waals surface area contributed by atoms with E-state index in [-0.39, 0.29) is 6.61 Å². The highest BCUT2D eigenvalue weighted by Crippen LogP contribution is 2.12. The molecule has 0 radical (unpaired) electrons. The predicted octanol–water partition coefficient (Wildman–Crippen LogP) is 1.34. The average molecular weight is 198 g/mol. The fraction of sp³-hybridized carbons (Fsp3) is 0.556. The fourth-order valence-corrected chi connectivity index (χ4v) is 1.81.